The minimum absolute atomic E-state index is 0.0394. The number of phenols is 1. The molecule has 0 fully saturated rings. The van der Waals surface area contributed by atoms with Crippen LogP contribution < -0.4 is 9.64 Å². The maximum Gasteiger partial charge on any atom is 0.258 e. The number of phenolic OH excluding ortho intramolecular Hbond substituents is 1. The van der Waals surface area contributed by atoms with Gasteiger partial charge in [-0.1, -0.05) is 18.2 Å². The van der Waals surface area contributed by atoms with Crippen LogP contribution in [-0.4, -0.2) is 24.7 Å². The first-order chi connectivity index (χ1) is 9.67. The van der Waals surface area contributed by atoms with Crippen molar-refractivity contribution in [3.63, 3.8) is 0 Å². The molecule has 2 aromatic rings. The van der Waals surface area contributed by atoms with Gasteiger partial charge in [0.1, 0.15) is 0 Å². The van der Waals surface area contributed by atoms with E-state index in [9.17, 15) is 9.90 Å². The molecule has 0 radical (unpaired) electrons. The van der Waals surface area contributed by atoms with Crippen molar-refractivity contribution >= 4 is 11.6 Å². The first-order valence-corrected chi connectivity index (χ1v) is 6.41. The Balaban J connectivity index is 2.32. The molecule has 0 aromatic heterocycles. The zero-order valence-corrected chi connectivity index (χ0v) is 11.5. The number of amides is 1. The Kier molecular flexibility index (Phi) is 4.25. The molecule has 0 bridgehead atoms. The number of nitrogens with zero attached hydrogens (tertiary/aromatic N) is 1. The molecule has 2 aromatic carbocycles. The van der Waals surface area contributed by atoms with Crippen LogP contribution in [0.15, 0.2) is 48.5 Å². The van der Waals surface area contributed by atoms with Gasteiger partial charge in [-0.05, 0) is 37.3 Å². The lowest BCUT2D eigenvalue weighted by Gasteiger charge is -2.21. The van der Waals surface area contributed by atoms with E-state index < -0.39 is 0 Å². The van der Waals surface area contributed by atoms with Crippen LogP contribution >= 0.6 is 0 Å². The molecule has 1 amide bonds. The summed E-state index contributed by atoms with van der Waals surface area (Å²) < 4.78 is 4.98. The van der Waals surface area contributed by atoms with Crippen molar-refractivity contribution in [1.29, 1.82) is 0 Å². The van der Waals surface area contributed by atoms with Gasteiger partial charge in [-0.2, -0.15) is 0 Å². The molecule has 0 saturated heterocycles. The molecule has 4 heteroatoms. The maximum absolute atomic E-state index is 12.5. The number of anilines is 1. The topological polar surface area (TPSA) is 49.8 Å². The minimum atomic E-state index is -0.156. The Bertz CT molecular complexity index is 596. The highest BCUT2D eigenvalue weighted by Crippen LogP contribution is 2.27. The van der Waals surface area contributed by atoms with Crippen LogP contribution in [0.5, 0.6) is 11.5 Å². The van der Waals surface area contributed by atoms with Crippen molar-refractivity contribution in [3.8, 4) is 11.5 Å². The van der Waals surface area contributed by atoms with Gasteiger partial charge in [-0.25, -0.2) is 0 Å². The van der Waals surface area contributed by atoms with Crippen molar-refractivity contribution in [2.45, 2.75) is 6.92 Å². The summed E-state index contributed by atoms with van der Waals surface area (Å²) in [4.78, 5) is 14.2. The van der Waals surface area contributed by atoms with Crippen LogP contribution in [0.25, 0.3) is 0 Å². The summed E-state index contributed by atoms with van der Waals surface area (Å²) in [6, 6.07) is 14.1. The smallest absolute Gasteiger partial charge is 0.258 e. The van der Waals surface area contributed by atoms with E-state index in [-0.39, 0.29) is 11.7 Å². The van der Waals surface area contributed by atoms with Crippen molar-refractivity contribution in [3.05, 3.63) is 54.1 Å². The van der Waals surface area contributed by atoms with Crippen LogP contribution in [0.3, 0.4) is 0 Å². The highest BCUT2D eigenvalue weighted by atomic mass is 16.5. The Morgan fingerprint density at radius 3 is 2.45 bits per heavy atom. The largest absolute Gasteiger partial charge is 0.504 e. The van der Waals surface area contributed by atoms with E-state index in [1.165, 1.54) is 13.2 Å². The van der Waals surface area contributed by atoms with Crippen LogP contribution in [0, 0.1) is 0 Å². The monoisotopic (exact) mass is 271 g/mol. The second kappa shape index (κ2) is 6.10. The lowest BCUT2D eigenvalue weighted by Crippen LogP contribution is -2.30. The molecule has 0 spiro atoms. The Morgan fingerprint density at radius 2 is 1.90 bits per heavy atom. The predicted molar refractivity (Wildman–Crippen MR) is 78.5 cm³/mol. The van der Waals surface area contributed by atoms with Gasteiger partial charge < -0.3 is 14.7 Å². The average Bonchev–Trinajstić information content (AvgIpc) is 2.49. The zero-order chi connectivity index (χ0) is 14.5. The lowest BCUT2D eigenvalue weighted by atomic mass is 10.1. The molecule has 0 saturated carbocycles. The van der Waals surface area contributed by atoms with Gasteiger partial charge in [0.25, 0.3) is 5.91 Å². The fraction of sp³-hybridized carbons (Fsp3) is 0.188. The number of carbonyl (C=O) groups excluding carboxylic acids is 1. The molecule has 0 aliphatic rings. The van der Waals surface area contributed by atoms with E-state index in [1.54, 1.807) is 17.0 Å². The summed E-state index contributed by atoms with van der Waals surface area (Å²) in [6.45, 7) is 2.46. The lowest BCUT2D eigenvalue weighted by molar-refractivity contribution is 0.0988. The molecule has 0 heterocycles. The molecule has 4 nitrogen and oxygen atoms in total. The molecular weight excluding hydrogens is 254 g/mol. The number of rotatable bonds is 4. The highest BCUT2D eigenvalue weighted by molar-refractivity contribution is 6.06. The normalized spacial score (nSPS) is 10.1. The molecule has 0 atom stereocenters. The van der Waals surface area contributed by atoms with Crippen LogP contribution in [0.1, 0.15) is 17.3 Å². The highest BCUT2D eigenvalue weighted by Gasteiger charge is 2.17. The fourth-order valence-electron chi connectivity index (χ4n) is 2.03. The number of aromatic hydroxyl groups is 1. The van der Waals surface area contributed by atoms with Crippen molar-refractivity contribution in [1.82, 2.24) is 0 Å². The maximum atomic E-state index is 12.5. The van der Waals surface area contributed by atoms with E-state index in [1.807, 2.05) is 37.3 Å². The number of ether oxygens (including phenoxy) is 1. The molecule has 0 unspecified atom stereocenters. The zero-order valence-electron chi connectivity index (χ0n) is 11.5. The standard InChI is InChI=1S/C16H17NO3/c1-3-17(13-7-5-4-6-8-13)16(19)12-9-10-15(20-2)14(18)11-12/h4-11,18H,3H2,1-2H3. The molecule has 2 rings (SSSR count). The number of hydrogen-bond acceptors (Lipinski definition) is 3. The molecule has 0 aliphatic heterocycles. The number of carbonyl (C=O) groups is 1. The number of hydrogen-bond donors (Lipinski definition) is 1. The minimum Gasteiger partial charge on any atom is -0.504 e. The third-order valence-corrected chi connectivity index (χ3v) is 3.06. The van der Waals surface area contributed by atoms with E-state index in [0.717, 1.165) is 5.69 Å². The predicted octanol–water partition coefficient (Wildman–Crippen LogP) is 3.07. The summed E-state index contributed by atoms with van der Waals surface area (Å²) in [6.07, 6.45) is 0. The summed E-state index contributed by atoms with van der Waals surface area (Å²) >= 11 is 0. The van der Waals surface area contributed by atoms with Crippen molar-refractivity contribution in [2.75, 3.05) is 18.6 Å². The Morgan fingerprint density at radius 1 is 1.20 bits per heavy atom. The number of para-hydroxylation sites is 1. The summed E-state index contributed by atoms with van der Waals surface area (Å²) in [5, 5.41) is 9.77. The van der Waals surface area contributed by atoms with Crippen LogP contribution in [0.2, 0.25) is 0 Å². The molecule has 1 N–H and O–H groups in total. The third kappa shape index (κ3) is 2.74. The van der Waals surface area contributed by atoms with E-state index >= 15 is 0 Å². The number of methoxy groups -OCH3 is 1. The summed E-state index contributed by atoms with van der Waals surface area (Å²) in [5.41, 5.74) is 1.25. The van der Waals surface area contributed by atoms with Crippen LogP contribution in [0.4, 0.5) is 5.69 Å². The summed E-state index contributed by atoms with van der Waals surface area (Å²) in [5.74, 6) is 0.156. The molecule has 20 heavy (non-hydrogen) atoms. The van der Waals surface area contributed by atoms with Gasteiger partial charge in [0.05, 0.1) is 7.11 Å². The van der Waals surface area contributed by atoms with E-state index in [4.69, 9.17) is 4.74 Å². The van der Waals surface area contributed by atoms with E-state index in [2.05, 4.69) is 0 Å². The van der Waals surface area contributed by atoms with Crippen molar-refractivity contribution in [2.24, 2.45) is 0 Å². The summed E-state index contributed by atoms with van der Waals surface area (Å²) in [7, 11) is 1.47. The second-order valence-electron chi connectivity index (χ2n) is 4.27. The molecular formula is C16H17NO3. The average molecular weight is 271 g/mol. The van der Waals surface area contributed by atoms with Gasteiger partial charge in [0.15, 0.2) is 11.5 Å². The SMILES string of the molecule is CCN(C(=O)c1ccc(OC)c(O)c1)c1ccccc1. The second-order valence-corrected chi connectivity index (χ2v) is 4.27. The Hall–Kier alpha value is -2.49. The van der Waals surface area contributed by atoms with Gasteiger partial charge >= 0.3 is 0 Å². The van der Waals surface area contributed by atoms with Gasteiger partial charge in [-0.3, -0.25) is 4.79 Å². The Labute approximate surface area is 118 Å². The van der Waals surface area contributed by atoms with Crippen molar-refractivity contribution < 1.29 is 14.6 Å². The first kappa shape index (κ1) is 13.9. The fourth-order valence-corrected chi connectivity index (χ4v) is 2.03. The molecule has 104 valence electrons. The molecule has 0 aliphatic carbocycles. The van der Waals surface area contributed by atoms with Gasteiger partial charge in [-0.15, -0.1) is 0 Å². The quantitative estimate of drug-likeness (QED) is 0.929. The van der Waals surface area contributed by atoms with Crippen LogP contribution in [-0.2, 0) is 0 Å². The van der Waals surface area contributed by atoms with E-state index in [0.29, 0.717) is 17.9 Å². The van der Waals surface area contributed by atoms with Gasteiger partial charge in [0.2, 0.25) is 0 Å². The number of benzene rings is 2. The first-order valence-electron chi connectivity index (χ1n) is 6.41. The van der Waals surface area contributed by atoms with Gasteiger partial charge in [0, 0.05) is 17.8 Å². The third-order valence-electron chi connectivity index (χ3n) is 3.06.